The molecule has 104 valence electrons. The highest BCUT2D eigenvalue weighted by molar-refractivity contribution is 5.76. The Hall–Kier alpha value is -1.35. The number of nitrogens with zero attached hydrogens (tertiary/aromatic N) is 1. The molecule has 0 N–H and O–H groups in total. The Morgan fingerprint density at radius 2 is 2.05 bits per heavy atom. The summed E-state index contributed by atoms with van der Waals surface area (Å²) in [6.07, 6.45) is 0.645. The molecular weight excluding hydrogens is 238 g/mol. The number of carbonyl (C=O) groups excluding carboxylic acids is 1. The molecule has 2 rings (SSSR count). The second-order valence-electron chi connectivity index (χ2n) is 5.71. The van der Waals surface area contributed by atoms with Gasteiger partial charge < -0.3 is 9.64 Å². The van der Waals surface area contributed by atoms with Gasteiger partial charge >= 0.3 is 0 Å². The Balaban J connectivity index is 2.00. The number of morpholine rings is 1. The largest absolute Gasteiger partial charge is 0.370 e. The standard InChI is InChI=1S/C16H23NO2/c1-12(2)10-16(18)17-8-9-19-15(11-17)14-6-4-13(3)5-7-14/h4-7,12,15H,8-11H2,1-3H3. The summed E-state index contributed by atoms with van der Waals surface area (Å²) in [5, 5.41) is 0. The number of amides is 1. The highest BCUT2D eigenvalue weighted by Gasteiger charge is 2.25. The third-order valence-corrected chi connectivity index (χ3v) is 3.45. The molecule has 1 unspecified atom stereocenters. The van der Waals surface area contributed by atoms with Crippen LogP contribution in [0.5, 0.6) is 0 Å². The van der Waals surface area contributed by atoms with Crippen molar-refractivity contribution in [1.29, 1.82) is 0 Å². The lowest BCUT2D eigenvalue weighted by atomic mass is 10.0. The normalized spacial score (nSPS) is 19.8. The fourth-order valence-corrected chi connectivity index (χ4v) is 2.34. The van der Waals surface area contributed by atoms with Crippen molar-refractivity contribution in [2.45, 2.75) is 33.3 Å². The molecular formula is C16H23NO2. The molecule has 1 heterocycles. The molecule has 1 aromatic rings. The number of rotatable bonds is 3. The molecule has 1 amide bonds. The Kier molecular flexibility index (Phi) is 4.59. The Bertz CT molecular complexity index is 425. The van der Waals surface area contributed by atoms with Crippen molar-refractivity contribution in [2.24, 2.45) is 5.92 Å². The summed E-state index contributed by atoms with van der Waals surface area (Å²) in [4.78, 5) is 14.0. The van der Waals surface area contributed by atoms with E-state index in [1.54, 1.807) is 0 Å². The van der Waals surface area contributed by atoms with Crippen LogP contribution in [0.3, 0.4) is 0 Å². The number of ether oxygens (including phenoxy) is 1. The topological polar surface area (TPSA) is 29.5 Å². The second-order valence-corrected chi connectivity index (χ2v) is 5.71. The molecule has 1 aliphatic heterocycles. The summed E-state index contributed by atoms with van der Waals surface area (Å²) in [5.74, 6) is 0.656. The minimum absolute atomic E-state index is 0.0189. The predicted octanol–water partition coefficient (Wildman–Crippen LogP) is 2.94. The van der Waals surface area contributed by atoms with E-state index >= 15 is 0 Å². The molecule has 0 radical (unpaired) electrons. The van der Waals surface area contributed by atoms with Crippen molar-refractivity contribution in [3.05, 3.63) is 35.4 Å². The summed E-state index contributed by atoms with van der Waals surface area (Å²) in [7, 11) is 0. The molecule has 0 bridgehead atoms. The third kappa shape index (κ3) is 3.80. The van der Waals surface area contributed by atoms with E-state index in [0.717, 1.165) is 5.56 Å². The SMILES string of the molecule is Cc1ccc(C2CN(C(=O)CC(C)C)CCO2)cc1. The monoisotopic (exact) mass is 261 g/mol. The van der Waals surface area contributed by atoms with Gasteiger partial charge in [0.2, 0.25) is 5.91 Å². The van der Waals surface area contributed by atoms with Gasteiger partial charge in [0.05, 0.1) is 13.2 Å². The zero-order chi connectivity index (χ0) is 13.8. The zero-order valence-corrected chi connectivity index (χ0v) is 12.1. The first-order chi connectivity index (χ1) is 9.06. The van der Waals surface area contributed by atoms with Crippen LogP contribution in [0.25, 0.3) is 0 Å². The Labute approximate surface area is 115 Å². The number of benzene rings is 1. The summed E-state index contributed by atoms with van der Waals surface area (Å²) < 4.78 is 5.80. The van der Waals surface area contributed by atoms with Crippen LogP contribution >= 0.6 is 0 Å². The van der Waals surface area contributed by atoms with Gasteiger partial charge in [-0.2, -0.15) is 0 Å². The summed E-state index contributed by atoms with van der Waals surface area (Å²) in [6, 6.07) is 8.37. The van der Waals surface area contributed by atoms with Gasteiger partial charge in [0.25, 0.3) is 0 Å². The predicted molar refractivity (Wildman–Crippen MR) is 75.9 cm³/mol. The highest BCUT2D eigenvalue weighted by atomic mass is 16.5. The van der Waals surface area contributed by atoms with Gasteiger partial charge in [-0.15, -0.1) is 0 Å². The lowest BCUT2D eigenvalue weighted by Crippen LogP contribution is -2.42. The molecule has 0 saturated carbocycles. The number of hydrogen-bond acceptors (Lipinski definition) is 2. The van der Waals surface area contributed by atoms with Crippen LogP contribution in [0.1, 0.15) is 37.5 Å². The first kappa shape index (κ1) is 14.1. The van der Waals surface area contributed by atoms with Gasteiger partial charge in [-0.25, -0.2) is 0 Å². The van der Waals surface area contributed by atoms with Crippen LogP contribution in [0, 0.1) is 12.8 Å². The molecule has 1 saturated heterocycles. The van der Waals surface area contributed by atoms with Gasteiger partial charge in [-0.3, -0.25) is 4.79 Å². The van der Waals surface area contributed by atoms with E-state index in [0.29, 0.717) is 32.0 Å². The lowest BCUT2D eigenvalue weighted by Gasteiger charge is -2.33. The molecule has 0 spiro atoms. The van der Waals surface area contributed by atoms with E-state index in [2.05, 4.69) is 45.0 Å². The second kappa shape index (κ2) is 6.20. The summed E-state index contributed by atoms with van der Waals surface area (Å²) in [6.45, 7) is 8.25. The third-order valence-electron chi connectivity index (χ3n) is 3.45. The van der Waals surface area contributed by atoms with Crippen molar-refractivity contribution in [2.75, 3.05) is 19.7 Å². The number of carbonyl (C=O) groups is 1. The van der Waals surface area contributed by atoms with Gasteiger partial charge in [0.15, 0.2) is 0 Å². The van der Waals surface area contributed by atoms with Crippen LogP contribution in [-0.2, 0) is 9.53 Å². The van der Waals surface area contributed by atoms with Gasteiger partial charge in [0.1, 0.15) is 6.10 Å². The van der Waals surface area contributed by atoms with Crippen LogP contribution in [0.15, 0.2) is 24.3 Å². The van der Waals surface area contributed by atoms with E-state index in [1.807, 2.05) is 4.90 Å². The molecule has 0 aliphatic carbocycles. The van der Waals surface area contributed by atoms with Gasteiger partial charge in [0, 0.05) is 13.0 Å². The highest BCUT2D eigenvalue weighted by Crippen LogP contribution is 2.23. The van der Waals surface area contributed by atoms with Crippen molar-refractivity contribution in [3.63, 3.8) is 0 Å². The molecule has 3 nitrogen and oxygen atoms in total. The number of aryl methyl sites for hydroxylation is 1. The fourth-order valence-electron chi connectivity index (χ4n) is 2.34. The first-order valence-electron chi connectivity index (χ1n) is 7.02. The molecule has 3 heteroatoms. The quantitative estimate of drug-likeness (QED) is 0.837. The van der Waals surface area contributed by atoms with Crippen molar-refractivity contribution in [3.8, 4) is 0 Å². The molecule has 0 aromatic heterocycles. The fraction of sp³-hybridized carbons (Fsp3) is 0.562. The molecule has 1 atom stereocenters. The van der Waals surface area contributed by atoms with E-state index in [9.17, 15) is 4.79 Å². The maximum absolute atomic E-state index is 12.1. The smallest absolute Gasteiger partial charge is 0.223 e. The lowest BCUT2D eigenvalue weighted by molar-refractivity contribution is -0.139. The van der Waals surface area contributed by atoms with Crippen LogP contribution in [0.2, 0.25) is 0 Å². The molecule has 1 aliphatic rings. The maximum atomic E-state index is 12.1. The Morgan fingerprint density at radius 1 is 1.37 bits per heavy atom. The van der Waals surface area contributed by atoms with Crippen molar-refractivity contribution < 1.29 is 9.53 Å². The number of hydrogen-bond donors (Lipinski definition) is 0. The van der Waals surface area contributed by atoms with Crippen LogP contribution in [-0.4, -0.2) is 30.5 Å². The Morgan fingerprint density at radius 3 is 2.68 bits per heavy atom. The average molecular weight is 261 g/mol. The van der Waals surface area contributed by atoms with E-state index in [-0.39, 0.29) is 12.0 Å². The van der Waals surface area contributed by atoms with Gasteiger partial charge in [-0.05, 0) is 18.4 Å². The maximum Gasteiger partial charge on any atom is 0.223 e. The minimum Gasteiger partial charge on any atom is -0.370 e. The molecule has 19 heavy (non-hydrogen) atoms. The summed E-state index contributed by atoms with van der Waals surface area (Å²) in [5.41, 5.74) is 2.40. The van der Waals surface area contributed by atoms with E-state index < -0.39 is 0 Å². The zero-order valence-electron chi connectivity index (χ0n) is 12.1. The van der Waals surface area contributed by atoms with E-state index in [1.165, 1.54) is 5.56 Å². The average Bonchev–Trinajstić information content (AvgIpc) is 2.39. The summed E-state index contributed by atoms with van der Waals surface area (Å²) >= 11 is 0. The first-order valence-corrected chi connectivity index (χ1v) is 7.02. The van der Waals surface area contributed by atoms with Crippen molar-refractivity contribution >= 4 is 5.91 Å². The minimum atomic E-state index is 0.0189. The van der Waals surface area contributed by atoms with Crippen LogP contribution < -0.4 is 0 Å². The van der Waals surface area contributed by atoms with Gasteiger partial charge in [-0.1, -0.05) is 43.7 Å². The van der Waals surface area contributed by atoms with Crippen molar-refractivity contribution in [1.82, 2.24) is 4.90 Å². The molecule has 1 aromatic carbocycles. The van der Waals surface area contributed by atoms with Crippen LogP contribution in [0.4, 0.5) is 0 Å². The molecule has 1 fully saturated rings. The van der Waals surface area contributed by atoms with E-state index in [4.69, 9.17) is 4.74 Å².